The van der Waals surface area contributed by atoms with E-state index in [2.05, 4.69) is 38.3 Å². The van der Waals surface area contributed by atoms with Crippen molar-refractivity contribution in [3.05, 3.63) is 64.6 Å². The van der Waals surface area contributed by atoms with Gasteiger partial charge in [-0.15, -0.1) is 0 Å². The Balaban J connectivity index is 1.74. The van der Waals surface area contributed by atoms with Crippen LogP contribution in [0.3, 0.4) is 0 Å². The largest absolute Gasteiger partial charge is 0.379 e. The normalized spacial score (nSPS) is 16.5. The first-order chi connectivity index (χ1) is 11.7. The second-order valence-corrected chi connectivity index (χ2v) is 6.77. The van der Waals surface area contributed by atoms with Gasteiger partial charge in [0.1, 0.15) is 0 Å². The predicted molar refractivity (Wildman–Crippen MR) is 99.1 cm³/mol. The molecule has 1 saturated heterocycles. The van der Waals surface area contributed by atoms with Crippen LogP contribution in [0.2, 0.25) is 0 Å². The minimum absolute atomic E-state index is 0.0306. The summed E-state index contributed by atoms with van der Waals surface area (Å²) in [6.45, 7) is 2.92. The van der Waals surface area contributed by atoms with Crippen molar-refractivity contribution >= 4 is 27.5 Å². The first kappa shape index (κ1) is 17.1. The van der Waals surface area contributed by atoms with Gasteiger partial charge in [0.25, 0.3) is 0 Å². The average molecular weight is 389 g/mol. The molecule has 1 atom stereocenters. The van der Waals surface area contributed by atoms with E-state index in [0.29, 0.717) is 19.6 Å². The van der Waals surface area contributed by atoms with Crippen molar-refractivity contribution in [2.24, 2.45) is 0 Å². The molecular weight excluding hydrogens is 368 g/mol. The molecule has 0 spiro atoms. The lowest BCUT2D eigenvalue weighted by Gasteiger charge is -2.33. The summed E-state index contributed by atoms with van der Waals surface area (Å²) in [6.07, 6.45) is 0.698. The summed E-state index contributed by atoms with van der Waals surface area (Å²) in [7, 11) is 0. The van der Waals surface area contributed by atoms with Gasteiger partial charge in [-0.3, -0.25) is 9.69 Å². The highest BCUT2D eigenvalue weighted by atomic mass is 79.9. The van der Waals surface area contributed by atoms with Crippen LogP contribution in [0.15, 0.2) is 59.1 Å². The molecule has 0 radical (unpaired) electrons. The van der Waals surface area contributed by atoms with E-state index < -0.39 is 0 Å². The van der Waals surface area contributed by atoms with Crippen molar-refractivity contribution in [1.82, 2.24) is 4.90 Å². The molecule has 4 nitrogen and oxygen atoms in total. The summed E-state index contributed by atoms with van der Waals surface area (Å²) in [6, 6.07) is 17.6. The summed E-state index contributed by atoms with van der Waals surface area (Å²) in [4.78, 5) is 15.1. The van der Waals surface area contributed by atoms with Gasteiger partial charge in [0, 0.05) is 23.2 Å². The van der Waals surface area contributed by atoms with Crippen molar-refractivity contribution in [1.29, 1.82) is 0 Å². The van der Waals surface area contributed by atoms with E-state index in [1.807, 2.05) is 42.5 Å². The van der Waals surface area contributed by atoms with Crippen molar-refractivity contribution in [2.75, 3.05) is 31.6 Å². The Bertz CT molecular complexity index is 655. The lowest BCUT2D eigenvalue weighted by Crippen LogP contribution is -2.50. The Labute approximate surface area is 150 Å². The monoisotopic (exact) mass is 388 g/mol. The highest BCUT2D eigenvalue weighted by molar-refractivity contribution is 9.10. The van der Waals surface area contributed by atoms with E-state index in [4.69, 9.17) is 4.74 Å². The van der Waals surface area contributed by atoms with E-state index >= 15 is 0 Å². The minimum Gasteiger partial charge on any atom is -0.379 e. The van der Waals surface area contributed by atoms with Crippen molar-refractivity contribution in [3.63, 3.8) is 0 Å². The summed E-state index contributed by atoms with van der Waals surface area (Å²) in [5.74, 6) is 0.0306. The molecule has 1 fully saturated rings. The highest BCUT2D eigenvalue weighted by Crippen LogP contribution is 2.17. The van der Waals surface area contributed by atoms with Crippen LogP contribution in [0.1, 0.15) is 5.56 Å². The number of morpholine rings is 1. The summed E-state index contributed by atoms with van der Waals surface area (Å²) in [5.41, 5.74) is 1.98. The van der Waals surface area contributed by atoms with Crippen LogP contribution >= 0.6 is 15.9 Å². The molecule has 2 aromatic rings. The average Bonchev–Trinajstić information content (AvgIpc) is 2.63. The number of nitrogens with one attached hydrogen (secondary N) is 1. The number of carbonyl (C=O) groups is 1. The molecule has 3 rings (SSSR count). The predicted octanol–water partition coefficient (Wildman–Crippen LogP) is 3.33. The molecule has 2 aromatic carbocycles. The summed E-state index contributed by atoms with van der Waals surface area (Å²) < 4.78 is 6.43. The molecular formula is C19H21BrN2O2. The van der Waals surface area contributed by atoms with Gasteiger partial charge < -0.3 is 10.1 Å². The zero-order valence-corrected chi connectivity index (χ0v) is 15.0. The molecule has 0 saturated carbocycles. The fourth-order valence-electron chi connectivity index (χ4n) is 2.87. The van der Waals surface area contributed by atoms with Gasteiger partial charge in [0.15, 0.2) is 0 Å². The molecule has 1 heterocycles. The maximum Gasteiger partial charge on any atom is 0.242 e. The Morgan fingerprint density at radius 2 is 1.75 bits per heavy atom. The molecule has 24 heavy (non-hydrogen) atoms. The number of hydrogen-bond donors (Lipinski definition) is 1. The Kier molecular flexibility index (Phi) is 6.01. The number of ether oxygens (including phenoxy) is 1. The first-order valence-corrected chi connectivity index (χ1v) is 8.94. The second-order valence-electron chi connectivity index (χ2n) is 5.85. The summed E-state index contributed by atoms with van der Waals surface area (Å²) in [5, 5.41) is 3.04. The molecule has 1 amide bonds. The molecule has 0 aromatic heterocycles. The molecule has 0 unspecified atom stereocenters. The molecule has 0 aliphatic carbocycles. The van der Waals surface area contributed by atoms with E-state index in [9.17, 15) is 4.79 Å². The SMILES string of the molecule is O=C(Nc1ccc(Br)cc1)[C@H](Cc1ccccc1)N1CCOCC1. The Morgan fingerprint density at radius 3 is 2.42 bits per heavy atom. The lowest BCUT2D eigenvalue weighted by molar-refractivity contribution is -0.123. The number of rotatable bonds is 5. The number of halogens is 1. The number of amides is 1. The van der Waals surface area contributed by atoms with Crippen molar-refractivity contribution in [2.45, 2.75) is 12.5 Å². The zero-order valence-electron chi connectivity index (χ0n) is 13.5. The van der Waals surface area contributed by atoms with Crippen LogP contribution in [0.25, 0.3) is 0 Å². The van der Waals surface area contributed by atoms with Gasteiger partial charge in [0.05, 0.1) is 19.3 Å². The number of nitrogens with zero attached hydrogens (tertiary/aromatic N) is 1. The third kappa shape index (κ3) is 4.66. The Hall–Kier alpha value is -1.69. The van der Waals surface area contributed by atoms with Crippen LogP contribution in [0.5, 0.6) is 0 Å². The maximum atomic E-state index is 12.9. The number of carbonyl (C=O) groups excluding carboxylic acids is 1. The minimum atomic E-state index is -0.194. The van der Waals surface area contributed by atoms with Gasteiger partial charge >= 0.3 is 0 Å². The van der Waals surface area contributed by atoms with E-state index in [1.165, 1.54) is 5.56 Å². The third-order valence-corrected chi connectivity index (χ3v) is 4.70. The van der Waals surface area contributed by atoms with E-state index in [0.717, 1.165) is 23.2 Å². The molecule has 1 aliphatic rings. The van der Waals surface area contributed by atoms with Gasteiger partial charge in [-0.25, -0.2) is 0 Å². The fraction of sp³-hybridized carbons (Fsp3) is 0.316. The molecule has 1 N–H and O–H groups in total. The molecule has 5 heteroatoms. The number of hydrogen-bond acceptors (Lipinski definition) is 3. The smallest absolute Gasteiger partial charge is 0.242 e. The Morgan fingerprint density at radius 1 is 1.08 bits per heavy atom. The molecule has 0 bridgehead atoms. The number of benzene rings is 2. The lowest BCUT2D eigenvalue weighted by atomic mass is 10.0. The third-order valence-electron chi connectivity index (χ3n) is 4.17. The summed E-state index contributed by atoms with van der Waals surface area (Å²) >= 11 is 3.41. The van der Waals surface area contributed by atoms with Gasteiger partial charge in [0.2, 0.25) is 5.91 Å². The van der Waals surface area contributed by atoms with Crippen LogP contribution in [0, 0.1) is 0 Å². The fourth-order valence-corrected chi connectivity index (χ4v) is 3.14. The molecule has 126 valence electrons. The molecule has 1 aliphatic heterocycles. The zero-order chi connectivity index (χ0) is 16.8. The van der Waals surface area contributed by atoms with E-state index in [-0.39, 0.29) is 11.9 Å². The van der Waals surface area contributed by atoms with Crippen LogP contribution in [0.4, 0.5) is 5.69 Å². The van der Waals surface area contributed by atoms with Crippen molar-refractivity contribution < 1.29 is 9.53 Å². The van der Waals surface area contributed by atoms with Gasteiger partial charge in [-0.2, -0.15) is 0 Å². The standard InChI is InChI=1S/C19H21BrN2O2/c20-16-6-8-17(9-7-16)21-19(23)18(22-10-12-24-13-11-22)14-15-4-2-1-3-5-15/h1-9,18H,10-14H2,(H,21,23)/t18-/m0/s1. The van der Waals surface area contributed by atoms with Gasteiger partial charge in [-0.1, -0.05) is 46.3 Å². The van der Waals surface area contributed by atoms with Crippen LogP contribution in [-0.2, 0) is 16.0 Å². The maximum absolute atomic E-state index is 12.9. The topological polar surface area (TPSA) is 41.6 Å². The van der Waals surface area contributed by atoms with Crippen LogP contribution in [-0.4, -0.2) is 43.2 Å². The first-order valence-electron chi connectivity index (χ1n) is 8.14. The van der Waals surface area contributed by atoms with E-state index in [1.54, 1.807) is 0 Å². The van der Waals surface area contributed by atoms with Crippen LogP contribution < -0.4 is 5.32 Å². The second kappa shape index (κ2) is 8.42. The number of anilines is 1. The van der Waals surface area contributed by atoms with Crippen molar-refractivity contribution in [3.8, 4) is 0 Å². The highest BCUT2D eigenvalue weighted by Gasteiger charge is 2.27. The quantitative estimate of drug-likeness (QED) is 0.853. The van der Waals surface area contributed by atoms with Gasteiger partial charge in [-0.05, 0) is 36.2 Å².